The van der Waals surface area contributed by atoms with Crippen LogP contribution < -0.4 is 24.4 Å². The minimum absolute atomic E-state index is 0.133. The van der Waals surface area contributed by atoms with E-state index in [1.165, 1.54) is 26.0 Å². The average Bonchev–Trinajstić information content (AvgIpc) is 2.72. The number of rotatable bonds is 9. The molecule has 27 heavy (non-hydrogen) atoms. The molecule has 0 bridgehead atoms. The van der Waals surface area contributed by atoms with Gasteiger partial charge in [-0.15, -0.1) is 0 Å². The number of benzene rings is 2. The molecule has 7 heteroatoms. The normalized spacial score (nSPS) is 10.5. The van der Waals surface area contributed by atoms with Crippen molar-refractivity contribution in [2.75, 3.05) is 27.9 Å². The quantitative estimate of drug-likeness (QED) is 0.541. The first kappa shape index (κ1) is 20.1. The number of aryl methyl sites for hydroxylation is 1. The van der Waals surface area contributed by atoms with Crippen LogP contribution in [0.25, 0.3) is 0 Å². The van der Waals surface area contributed by atoms with E-state index in [0.717, 1.165) is 6.42 Å². The third-order valence-corrected chi connectivity index (χ3v) is 3.83. The first-order valence-corrected chi connectivity index (χ1v) is 8.44. The third-order valence-electron chi connectivity index (χ3n) is 3.83. The Morgan fingerprint density at radius 3 is 2.22 bits per heavy atom. The number of hydrazone groups is 1. The van der Waals surface area contributed by atoms with Crippen molar-refractivity contribution in [3.63, 3.8) is 0 Å². The van der Waals surface area contributed by atoms with E-state index in [2.05, 4.69) is 17.5 Å². The maximum atomic E-state index is 11.9. The van der Waals surface area contributed by atoms with Crippen molar-refractivity contribution in [3.8, 4) is 23.0 Å². The zero-order valence-corrected chi connectivity index (χ0v) is 15.9. The smallest absolute Gasteiger partial charge is 0.277 e. The van der Waals surface area contributed by atoms with E-state index in [-0.39, 0.29) is 12.5 Å². The molecule has 144 valence electrons. The van der Waals surface area contributed by atoms with Crippen molar-refractivity contribution in [1.29, 1.82) is 0 Å². The van der Waals surface area contributed by atoms with Crippen LogP contribution >= 0.6 is 0 Å². The van der Waals surface area contributed by atoms with Gasteiger partial charge < -0.3 is 18.9 Å². The van der Waals surface area contributed by atoms with Gasteiger partial charge in [-0.2, -0.15) is 5.10 Å². The molecule has 0 saturated heterocycles. The number of carbonyl (C=O) groups is 1. The predicted octanol–water partition coefficient (Wildman–Crippen LogP) is 2.80. The number of hydrogen-bond donors (Lipinski definition) is 1. The van der Waals surface area contributed by atoms with E-state index in [4.69, 9.17) is 18.9 Å². The Morgan fingerprint density at radius 1 is 1.00 bits per heavy atom. The minimum atomic E-state index is -0.370. The molecule has 0 unspecified atom stereocenters. The van der Waals surface area contributed by atoms with Crippen molar-refractivity contribution < 1.29 is 23.7 Å². The molecule has 7 nitrogen and oxygen atoms in total. The van der Waals surface area contributed by atoms with E-state index in [0.29, 0.717) is 28.6 Å². The third kappa shape index (κ3) is 5.64. The highest BCUT2D eigenvalue weighted by Gasteiger charge is 2.10. The zero-order chi connectivity index (χ0) is 19.6. The number of amides is 1. The topological polar surface area (TPSA) is 78.4 Å². The summed E-state index contributed by atoms with van der Waals surface area (Å²) < 4.78 is 21.2. The van der Waals surface area contributed by atoms with Gasteiger partial charge in [-0.1, -0.05) is 19.1 Å². The van der Waals surface area contributed by atoms with Crippen molar-refractivity contribution >= 4 is 12.1 Å². The number of ether oxygens (including phenoxy) is 4. The lowest BCUT2D eigenvalue weighted by Gasteiger charge is -2.11. The summed E-state index contributed by atoms with van der Waals surface area (Å²) in [6.45, 7) is 1.95. The number of nitrogens with one attached hydrogen (secondary N) is 1. The van der Waals surface area contributed by atoms with Crippen LogP contribution in [-0.4, -0.2) is 40.1 Å². The van der Waals surface area contributed by atoms with Crippen molar-refractivity contribution in [1.82, 2.24) is 5.43 Å². The van der Waals surface area contributed by atoms with Gasteiger partial charge in [-0.25, -0.2) is 5.43 Å². The molecule has 0 fully saturated rings. The van der Waals surface area contributed by atoms with E-state index >= 15 is 0 Å². The molecule has 0 aromatic heterocycles. The molecular formula is C20H24N2O5. The molecule has 0 aliphatic carbocycles. The largest absolute Gasteiger partial charge is 0.496 e. The van der Waals surface area contributed by atoms with Crippen LogP contribution in [0, 0.1) is 0 Å². The number of nitrogens with zero attached hydrogens (tertiary/aromatic N) is 1. The molecule has 0 saturated carbocycles. The van der Waals surface area contributed by atoms with Gasteiger partial charge in [0.05, 0.1) is 27.5 Å². The van der Waals surface area contributed by atoms with Crippen molar-refractivity contribution in [2.24, 2.45) is 5.10 Å². The SMILES string of the molecule is CCc1ccc(OCC(=O)N/N=C/c2cc(OC)c(OC)cc2OC)cc1. The monoisotopic (exact) mass is 372 g/mol. The first-order valence-electron chi connectivity index (χ1n) is 8.44. The molecule has 2 rings (SSSR count). The first-order chi connectivity index (χ1) is 13.1. The van der Waals surface area contributed by atoms with Crippen LogP contribution in [-0.2, 0) is 11.2 Å². The van der Waals surface area contributed by atoms with Crippen LogP contribution in [0.2, 0.25) is 0 Å². The van der Waals surface area contributed by atoms with Crippen LogP contribution in [0.3, 0.4) is 0 Å². The molecule has 0 radical (unpaired) electrons. The molecule has 0 atom stereocenters. The zero-order valence-electron chi connectivity index (χ0n) is 15.9. The lowest BCUT2D eigenvalue weighted by Crippen LogP contribution is -2.24. The molecule has 1 amide bonds. The maximum absolute atomic E-state index is 11.9. The van der Waals surface area contributed by atoms with E-state index in [9.17, 15) is 4.79 Å². The summed E-state index contributed by atoms with van der Waals surface area (Å²) in [7, 11) is 4.62. The second-order valence-corrected chi connectivity index (χ2v) is 5.53. The molecule has 2 aromatic rings. The Kier molecular flexibility index (Phi) is 7.49. The summed E-state index contributed by atoms with van der Waals surface area (Å²) in [5, 5.41) is 3.94. The van der Waals surface area contributed by atoms with Crippen LogP contribution in [0.1, 0.15) is 18.1 Å². The summed E-state index contributed by atoms with van der Waals surface area (Å²) in [5.41, 5.74) is 4.26. The summed E-state index contributed by atoms with van der Waals surface area (Å²) in [5.74, 6) is 1.87. The number of hydrogen-bond acceptors (Lipinski definition) is 6. The van der Waals surface area contributed by atoms with Gasteiger partial charge in [-0.3, -0.25) is 4.79 Å². The summed E-state index contributed by atoms with van der Waals surface area (Å²) in [4.78, 5) is 11.9. The van der Waals surface area contributed by atoms with Gasteiger partial charge in [0.1, 0.15) is 11.5 Å². The summed E-state index contributed by atoms with van der Waals surface area (Å²) in [6.07, 6.45) is 2.42. The Bertz CT molecular complexity index is 788. The highest BCUT2D eigenvalue weighted by Crippen LogP contribution is 2.33. The summed E-state index contributed by atoms with van der Waals surface area (Å²) in [6, 6.07) is 11.0. The molecule has 0 spiro atoms. The lowest BCUT2D eigenvalue weighted by atomic mass is 10.2. The maximum Gasteiger partial charge on any atom is 0.277 e. The van der Waals surface area contributed by atoms with Gasteiger partial charge in [0.2, 0.25) is 0 Å². The Morgan fingerprint density at radius 2 is 1.63 bits per heavy atom. The molecule has 0 aliphatic heterocycles. The van der Waals surface area contributed by atoms with E-state index in [1.807, 2.05) is 24.3 Å². The fraction of sp³-hybridized carbons (Fsp3) is 0.300. The fourth-order valence-corrected chi connectivity index (χ4v) is 2.33. The van der Waals surface area contributed by atoms with Crippen LogP contribution in [0.5, 0.6) is 23.0 Å². The Balaban J connectivity index is 1.94. The summed E-state index contributed by atoms with van der Waals surface area (Å²) >= 11 is 0. The predicted molar refractivity (Wildman–Crippen MR) is 103 cm³/mol. The molecular weight excluding hydrogens is 348 g/mol. The highest BCUT2D eigenvalue weighted by molar-refractivity contribution is 5.86. The number of methoxy groups -OCH3 is 3. The second kappa shape index (κ2) is 10.1. The average molecular weight is 372 g/mol. The molecule has 0 aliphatic rings. The molecule has 2 aromatic carbocycles. The minimum Gasteiger partial charge on any atom is -0.496 e. The Labute approximate surface area is 158 Å². The van der Waals surface area contributed by atoms with Gasteiger partial charge in [0.25, 0.3) is 5.91 Å². The molecule has 1 N–H and O–H groups in total. The highest BCUT2D eigenvalue weighted by atomic mass is 16.5. The van der Waals surface area contributed by atoms with E-state index in [1.54, 1.807) is 19.2 Å². The van der Waals surface area contributed by atoms with Gasteiger partial charge in [-0.05, 0) is 30.2 Å². The molecule has 0 heterocycles. The lowest BCUT2D eigenvalue weighted by molar-refractivity contribution is -0.123. The fourth-order valence-electron chi connectivity index (χ4n) is 2.33. The van der Waals surface area contributed by atoms with Gasteiger partial charge in [0.15, 0.2) is 18.1 Å². The van der Waals surface area contributed by atoms with Crippen molar-refractivity contribution in [2.45, 2.75) is 13.3 Å². The van der Waals surface area contributed by atoms with Crippen LogP contribution in [0.15, 0.2) is 41.5 Å². The standard InChI is InChI=1S/C20H24N2O5/c1-5-14-6-8-16(9-7-14)27-13-20(23)22-21-12-15-10-18(25-3)19(26-4)11-17(15)24-2/h6-12H,5,13H2,1-4H3,(H,22,23)/b21-12+. The van der Waals surface area contributed by atoms with Crippen LogP contribution in [0.4, 0.5) is 0 Å². The van der Waals surface area contributed by atoms with E-state index < -0.39 is 0 Å². The number of carbonyl (C=O) groups excluding carboxylic acids is 1. The van der Waals surface area contributed by atoms with Gasteiger partial charge >= 0.3 is 0 Å². The van der Waals surface area contributed by atoms with Crippen molar-refractivity contribution in [3.05, 3.63) is 47.5 Å². The van der Waals surface area contributed by atoms with Gasteiger partial charge in [0, 0.05) is 11.6 Å². The second-order valence-electron chi connectivity index (χ2n) is 5.53. The Hall–Kier alpha value is -3.22.